The standard InChI is InChI=1S/C99H124NO23P3/c1-2-3-4-5-6-7-8-9-10-11-12-13-14-15-44-66-92(102)120-90(77-109-91(101)65-45-25-46-67-100-99(103)111-71-84-53-32-19-33-54-84)78-119-126(106,118-76-89-63-42-24-43-64-89)121-96-94(112-79-107-68-81-47-26-16-27-48-81)93(110-70-83-51-30-18-31-52-83)97(122-124(104,114-72-85-55-34-20-35-56-85)115-73-86-57-36-21-37-58-86)98(95(96)113-80-108-69-82-49-28-17-29-50-82)123-125(105,116-74-87-59-38-22-39-60-87)117-75-88-61-40-23-41-62-88/h16-24,26-43,47-64,90,93-98H,2-15,25,44-46,65-80H2,1H3,(H,100,103)/t90-,93-,94+,95-,96+,97+,98+,126?/m0/s1. The highest BCUT2D eigenvalue weighted by Crippen LogP contribution is 2.61. The zero-order valence-corrected chi connectivity index (χ0v) is 75.0. The largest absolute Gasteiger partial charge is 0.475 e. The zero-order valence-electron chi connectivity index (χ0n) is 72.3. The van der Waals surface area contributed by atoms with E-state index in [1.165, 1.54) is 57.8 Å². The Morgan fingerprint density at radius 3 is 0.921 bits per heavy atom. The zero-order chi connectivity index (χ0) is 88.1. The van der Waals surface area contributed by atoms with Crippen LogP contribution in [0.4, 0.5) is 4.79 Å². The van der Waals surface area contributed by atoms with E-state index >= 15 is 13.7 Å². The van der Waals surface area contributed by atoms with E-state index in [0.29, 0.717) is 65.6 Å². The van der Waals surface area contributed by atoms with Gasteiger partial charge in [-0.2, -0.15) is 0 Å². The Morgan fingerprint density at radius 1 is 0.286 bits per heavy atom. The van der Waals surface area contributed by atoms with Crippen molar-refractivity contribution in [2.45, 2.75) is 238 Å². The van der Waals surface area contributed by atoms with Crippen LogP contribution in [-0.2, 0) is 161 Å². The second kappa shape index (κ2) is 58.0. The van der Waals surface area contributed by atoms with Gasteiger partial charge in [0, 0.05) is 19.4 Å². The van der Waals surface area contributed by atoms with Gasteiger partial charge in [0.15, 0.2) is 6.10 Å². The maximum Gasteiger partial charge on any atom is 0.475 e. The summed E-state index contributed by atoms with van der Waals surface area (Å²) < 4.78 is 162. The van der Waals surface area contributed by atoms with Crippen molar-refractivity contribution in [3.05, 3.63) is 323 Å². The first-order valence-electron chi connectivity index (χ1n) is 44.1. The number of hydrogen-bond donors (Lipinski definition) is 1. The SMILES string of the molecule is CCCCCCCCCCCCCCCCCC(=O)O[C@@H](COC(=O)CCCCCNC(=O)OCc1ccccc1)COP(=O)(OCc1ccccc1)O[C@@H]1[C@H](OCOCc2ccccc2)[C@H](OCc2ccccc2)[C@@H](OP(=O)(OCc2ccccc2)OCc2ccccc2)[C@H](OP(=O)(OCc2ccccc2)OCc2ccccc2)[C@H]1OCOCc1ccccc1. The van der Waals surface area contributed by atoms with Crippen molar-refractivity contribution in [1.82, 2.24) is 5.32 Å². The number of hydrogen-bond acceptors (Lipinski definition) is 23. The van der Waals surface area contributed by atoms with Gasteiger partial charge in [0.2, 0.25) is 0 Å². The number of carbonyl (C=O) groups is 3. The predicted molar refractivity (Wildman–Crippen MR) is 480 cm³/mol. The van der Waals surface area contributed by atoms with Gasteiger partial charge in [-0.25, -0.2) is 18.5 Å². The first-order chi connectivity index (χ1) is 61.8. The minimum absolute atomic E-state index is 0.00138. The summed E-state index contributed by atoms with van der Waals surface area (Å²) in [5.41, 5.74) is 5.73. The highest BCUT2D eigenvalue weighted by atomic mass is 31.2. The van der Waals surface area contributed by atoms with E-state index in [0.717, 1.165) is 48.8 Å². The van der Waals surface area contributed by atoms with Gasteiger partial charge in [-0.15, -0.1) is 0 Å². The van der Waals surface area contributed by atoms with Crippen LogP contribution in [0.25, 0.3) is 0 Å². The van der Waals surface area contributed by atoms with E-state index in [1.54, 1.807) is 127 Å². The Balaban J connectivity index is 1.03. The van der Waals surface area contributed by atoms with Crippen LogP contribution in [0.2, 0.25) is 0 Å². The number of phosphoric ester groups is 3. The molecule has 126 heavy (non-hydrogen) atoms. The highest BCUT2D eigenvalue weighted by Gasteiger charge is 2.61. The Bertz CT molecular complexity index is 4470. The van der Waals surface area contributed by atoms with Crippen LogP contribution in [0.5, 0.6) is 0 Å². The van der Waals surface area contributed by atoms with Gasteiger partial charge in [0.05, 0.1) is 59.5 Å². The van der Waals surface area contributed by atoms with Crippen molar-refractivity contribution in [3.8, 4) is 0 Å². The Kier molecular flexibility index (Phi) is 45.8. The van der Waals surface area contributed by atoms with Crippen LogP contribution < -0.4 is 5.32 Å². The third-order valence-electron chi connectivity index (χ3n) is 20.7. The number of phosphoric acid groups is 3. The van der Waals surface area contributed by atoms with Crippen molar-refractivity contribution < 1.29 is 107 Å². The molecule has 1 amide bonds. The molecule has 9 aromatic carbocycles. The number of alkyl carbamates (subject to hydrolysis) is 1. The van der Waals surface area contributed by atoms with Gasteiger partial charge in [-0.05, 0) is 69.3 Å². The smallest absolute Gasteiger partial charge is 0.462 e. The van der Waals surface area contributed by atoms with Crippen LogP contribution >= 0.6 is 23.5 Å². The molecule has 1 fully saturated rings. The number of benzene rings is 9. The molecule has 1 N–H and O–H groups in total. The molecule has 1 saturated carbocycles. The molecule has 0 spiro atoms. The summed E-state index contributed by atoms with van der Waals surface area (Å²) in [6.07, 6.45) is 4.88. The van der Waals surface area contributed by atoms with Crippen molar-refractivity contribution >= 4 is 41.5 Å². The molecule has 678 valence electrons. The first kappa shape index (κ1) is 99.5. The third kappa shape index (κ3) is 38.7. The van der Waals surface area contributed by atoms with E-state index in [9.17, 15) is 14.4 Å². The van der Waals surface area contributed by atoms with Crippen molar-refractivity contribution in [3.63, 3.8) is 0 Å². The normalized spacial score (nSPS) is 16.6. The average molecular weight is 1790 g/mol. The Morgan fingerprint density at radius 2 is 0.563 bits per heavy atom. The summed E-state index contributed by atoms with van der Waals surface area (Å²) in [4.78, 5) is 40.8. The fourth-order valence-corrected chi connectivity index (χ4v) is 18.0. The summed E-state index contributed by atoms with van der Waals surface area (Å²) >= 11 is 0. The van der Waals surface area contributed by atoms with E-state index < -0.39 is 118 Å². The van der Waals surface area contributed by atoms with E-state index in [2.05, 4.69) is 12.2 Å². The molecule has 0 aliphatic heterocycles. The van der Waals surface area contributed by atoms with Crippen LogP contribution in [0, 0.1) is 0 Å². The summed E-state index contributed by atoms with van der Waals surface area (Å²) in [6.45, 7) is -2.07. The molecule has 0 saturated heterocycles. The summed E-state index contributed by atoms with van der Waals surface area (Å²) in [7, 11) is -15.7. The average Bonchev–Trinajstić information content (AvgIpc) is 0.744. The van der Waals surface area contributed by atoms with Crippen LogP contribution in [0.15, 0.2) is 273 Å². The molecule has 0 radical (unpaired) electrons. The maximum atomic E-state index is 17.0. The highest BCUT2D eigenvalue weighted by molar-refractivity contribution is 7.49. The molecule has 24 nitrogen and oxygen atoms in total. The molecular formula is C99H124NO23P3. The minimum atomic E-state index is -5.39. The van der Waals surface area contributed by atoms with E-state index in [-0.39, 0.29) is 65.7 Å². The Labute approximate surface area is 743 Å². The van der Waals surface area contributed by atoms with Crippen LogP contribution in [0.1, 0.15) is 185 Å². The van der Waals surface area contributed by atoms with E-state index in [4.69, 9.17) is 78.6 Å². The monoisotopic (exact) mass is 1790 g/mol. The van der Waals surface area contributed by atoms with Crippen molar-refractivity contribution in [1.29, 1.82) is 0 Å². The minimum Gasteiger partial charge on any atom is -0.462 e. The van der Waals surface area contributed by atoms with Crippen LogP contribution in [0.3, 0.4) is 0 Å². The molecule has 1 aliphatic rings. The third-order valence-corrected chi connectivity index (χ3v) is 24.9. The number of rotatable bonds is 64. The molecular weight excluding hydrogens is 1660 g/mol. The molecule has 0 aromatic heterocycles. The van der Waals surface area contributed by atoms with Gasteiger partial charge in [-0.1, -0.05) is 376 Å². The lowest BCUT2D eigenvalue weighted by atomic mass is 9.84. The summed E-state index contributed by atoms with van der Waals surface area (Å²) in [5, 5.41) is 2.76. The quantitative estimate of drug-likeness (QED) is 0.0122. The number of carbonyl (C=O) groups excluding carboxylic acids is 3. The fraction of sp³-hybridized carbons (Fsp3) is 0.424. The molecule has 10 rings (SSSR count). The molecule has 1 aliphatic carbocycles. The topological polar surface area (TPSA) is 271 Å². The number of nitrogens with one attached hydrogen (secondary N) is 1. The lowest BCUT2D eigenvalue weighted by Gasteiger charge is -2.49. The van der Waals surface area contributed by atoms with Crippen molar-refractivity contribution in [2.24, 2.45) is 0 Å². The first-order valence-corrected chi connectivity index (χ1v) is 48.5. The fourth-order valence-electron chi connectivity index (χ4n) is 13.9. The summed E-state index contributed by atoms with van der Waals surface area (Å²) in [6, 6.07) is 81.4. The second-order valence-electron chi connectivity index (χ2n) is 30.9. The molecule has 27 heteroatoms. The number of esters is 2. The maximum absolute atomic E-state index is 17.0. The molecule has 8 atom stereocenters. The molecule has 0 heterocycles. The number of amides is 1. The van der Waals surface area contributed by atoms with Gasteiger partial charge in [0.25, 0.3) is 0 Å². The molecule has 9 aromatic rings. The second-order valence-corrected chi connectivity index (χ2v) is 35.7. The van der Waals surface area contributed by atoms with E-state index in [1.807, 2.05) is 146 Å². The lowest BCUT2D eigenvalue weighted by molar-refractivity contribution is -0.276. The molecule has 0 bridgehead atoms. The lowest BCUT2D eigenvalue weighted by Crippen LogP contribution is -2.67. The van der Waals surface area contributed by atoms with Crippen molar-refractivity contribution in [2.75, 3.05) is 33.3 Å². The van der Waals surface area contributed by atoms with Gasteiger partial charge < -0.3 is 43.2 Å². The van der Waals surface area contributed by atoms with Gasteiger partial charge >= 0.3 is 41.5 Å². The van der Waals surface area contributed by atoms with Gasteiger partial charge in [0.1, 0.15) is 63.4 Å². The predicted octanol–water partition coefficient (Wildman–Crippen LogP) is 23.5. The Hall–Kier alpha value is -8.68. The van der Waals surface area contributed by atoms with Gasteiger partial charge in [-0.3, -0.25) is 50.3 Å². The van der Waals surface area contributed by atoms with Crippen LogP contribution in [-0.4, -0.2) is 94.1 Å². The number of unbranched alkanes of at least 4 members (excludes halogenated alkanes) is 16. The number of ether oxygens (including phenoxy) is 8. The molecule has 1 unspecified atom stereocenters. The summed E-state index contributed by atoms with van der Waals surface area (Å²) in [5.74, 6) is -1.27.